The molecule has 7 nitrogen and oxygen atoms in total. The molecule has 0 saturated heterocycles. The van der Waals surface area contributed by atoms with Gasteiger partial charge in [-0.2, -0.15) is 0 Å². The van der Waals surface area contributed by atoms with E-state index in [-0.39, 0.29) is 30.3 Å². The molecule has 3 N–H and O–H groups in total. The zero-order valence-electron chi connectivity index (χ0n) is 20.7. The van der Waals surface area contributed by atoms with E-state index in [2.05, 4.69) is 34.9 Å². The summed E-state index contributed by atoms with van der Waals surface area (Å²) in [6, 6.07) is 15.6. The van der Waals surface area contributed by atoms with Crippen molar-refractivity contribution in [2.45, 2.75) is 58.0 Å². The summed E-state index contributed by atoms with van der Waals surface area (Å²) in [5.41, 5.74) is 3.35. The van der Waals surface area contributed by atoms with Gasteiger partial charge in [-0.25, -0.2) is 4.79 Å². The summed E-state index contributed by atoms with van der Waals surface area (Å²) >= 11 is 0. The molecule has 1 saturated carbocycles. The molecule has 0 spiro atoms. The highest BCUT2D eigenvalue weighted by molar-refractivity contribution is 5.91. The van der Waals surface area contributed by atoms with Crippen LogP contribution in [-0.2, 0) is 14.3 Å². The van der Waals surface area contributed by atoms with Crippen LogP contribution in [0.1, 0.15) is 57.6 Å². The number of carbonyl (C=O) groups is 3. The summed E-state index contributed by atoms with van der Waals surface area (Å²) in [7, 11) is 0. The molecule has 0 aromatic heterocycles. The molecular formula is C28H34N2O5. The number of fused-ring (bicyclic) bond motifs is 3. The van der Waals surface area contributed by atoms with E-state index >= 15 is 0 Å². The van der Waals surface area contributed by atoms with E-state index in [0.29, 0.717) is 0 Å². The van der Waals surface area contributed by atoms with Crippen molar-refractivity contribution in [3.63, 3.8) is 0 Å². The molecule has 186 valence electrons. The predicted molar refractivity (Wildman–Crippen MR) is 133 cm³/mol. The molecule has 2 aromatic rings. The molecule has 0 aliphatic heterocycles. The highest BCUT2D eigenvalue weighted by atomic mass is 16.5. The first kappa shape index (κ1) is 24.8. The fourth-order valence-corrected chi connectivity index (χ4v) is 5.37. The van der Waals surface area contributed by atoms with Gasteiger partial charge in [-0.05, 0) is 60.8 Å². The van der Waals surface area contributed by atoms with Gasteiger partial charge in [0.25, 0.3) is 0 Å². The molecule has 3 atom stereocenters. The first-order chi connectivity index (χ1) is 16.6. The van der Waals surface area contributed by atoms with Gasteiger partial charge in [0.15, 0.2) is 0 Å². The van der Waals surface area contributed by atoms with Crippen LogP contribution in [0.25, 0.3) is 11.1 Å². The second-order valence-electron chi connectivity index (χ2n) is 10.3. The summed E-state index contributed by atoms with van der Waals surface area (Å²) in [5, 5.41) is 15.2. The Morgan fingerprint density at radius 3 is 2.03 bits per heavy atom. The van der Waals surface area contributed by atoms with Crippen LogP contribution in [-0.4, -0.2) is 41.3 Å². The third kappa shape index (κ3) is 4.90. The second kappa shape index (κ2) is 9.72. The number of aliphatic carboxylic acids is 1. The number of carboxylic acid groups (broad SMARTS) is 1. The molecule has 0 heterocycles. The minimum absolute atomic E-state index is 0.0162. The van der Waals surface area contributed by atoms with Gasteiger partial charge < -0.3 is 20.5 Å². The molecule has 2 aromatic carbocycles. The van der Waals surface area contributed by atoms with Crippen molar-refractivity contribution < 1.29 is 24.2 Å². The fourth-order valence-electron chi connectivity index (χ4n) is 5.37. The predicted octanol–water partition coefficient (Wildman–Crippen LogP) is 4.56. The third-order valence-electron chi connectivity index (χ3n) is 7.47. The number of amides is 2. The van der Waals surface area contributed by atoms with Gasteiger partial charge in [0.1, 0.15) is 12.1 Å². The molecule has 2 amide bonds. The van der Waals surface area contributed by atoms with Crippen molar-refractivity contribution in [2.24, 2.45) is 17.8 Å². The molecule has 2 aliphatic carbocycles. The SMILES string of the molecule is CC(C)C(C(=O)O)C(C)NC(=O)C(C)(NC(=O)OCC1c2ccccc2-c2ccccc21)C1CC1. The Balaban J connectivity index is 1.43. The van der Waals surface area contributed by atoms with Crippen LogP contribution >= 0.6 is 0 Å². The number of alkyl carbamates (subject to hydrolysis) is 1. The fraction of sp³-hybridized carbons (Fsp3) is 0.464. The second-order valence-corrected chi connectivity index (χ2v) is 10.3. The van der Waals surface area contributed by atoms with Gasteiger partial charge in [0.05, 0.1) is 5.92 Å². The summed E-state index contributed by atoms with van der Waals surface area (Å²) in [5.74, 6) is -2.30. The average molecular weight is 479 g/mol. The number of hydrogen-bond acceptors (Lipinski definition) is 4. The monoisotopic (exact) mass is 478 g/mol. The molecule has 3 unspecified atom stereocenters. The van der Waals surface area contributed by atoms with Gasteiger partial charge in [-0.1, -0.05) is 62.4 Å². The van der Waals surface area contributed by atoms with Crippen molar-refractivity contribution in [1.82, 2.24) is 10.6 Å². The lowest BCUT2D eigenvalue weighted by molar-refractivity contribution is -0.144. The average Bonchev–Trinajstić information content (AvgIpc) is 3.61. The normalized spacial score (nSPS) is 18.1. The van der Waals surface area contributed by atoms with Crippen molar-refractivity contribution in [3.8, 4) is 11.1 Å². The van der Waals surface area contributed by atoms with E-state index in [1.807, 2.05) is 38.1 Å². The first-order valence-electron chi connectivity index (χ1n) is 12.3. The lowest BCUT2D eigenvalue weighted by Gasteiger charge is -2.33. The Kier molecular flexibility index (Phi) is 6.88. The number of carboxylic acids is 1. The molecular weight excluding hydrogens is 444 g/mol. The van der Waals surface area contributed by atoms with Gasteiger partial charge in [0, 0.05) is 12.0 Å². The summed E-state index contributed by atoms with van der Waals surface area (Å²) in [6.07, 6.45) is 0.978. The standard InChI is InChI=1S/C28H34N2O5/c1-16(2)24(25(31)32)17(3)29-26(33)28(4,18-13-14-18)30-27(34)35-15-23-21-11-7-5-9-19(21)20-10-6-8-12-22(20)23/h5-12,16-18,23-24H,13-15H2,1-4H3,(H,29,33)(H,30,34)(H,31,32). The molecule has 2 aliphatic rings. The largest absolute Gasteiger partial charge is 0.481 e. The number of rotatable bonds is 9. The Morgan fingerprint density at radius 2 is 1.54 bits per heavy atom. The molecule has 4 rings (SSSR count). The van der Waals surface area contributed by atoms with E-state index in [1.165, 1.54) is 0 Å². The van der Waals surface area contributed by atoms with Crippen molar-refractivity contribution in [2.75, 3.05) is 6.61 Å². The van der Waals surface area contributed by atoms with E-state index in [4.69, 9.17) is 4.74 Å². The van der Waals surface area contributed by atoms with Crippen LogP contribution in [0.4, 0.5) is 4.79 Å². The van der Waals surface area contributed by atoms with Crippen LogP contribution in [0.3, 0.4) is 0 Å². The highest BCUT2D eigenvalue weighted by Crippen LogP contribution is 2.44. The summed E-state index contributed by atoms with van der Waals surface area (Å²) in [4.78, 5) is 37.8. The maximum Gasteiger partial charge on any atom is 0.408 e. The third-order valence-corrected chi connectivity index (χ3v) is 7.47. The Bertz CT molecular complexity index is 1080. The van der Waals surface area contributed by atoms with Crippen LogP contribution in [0.15, 0.2) is 48.5 Å². The lowest BCUT2D eigenvalue weighted by atomic mass is 9.88. The van der Waals surface area contributed by atoms with E-state index in [9.17, 15) is 19.5 Å². The van der Waals surface area contributed by atoms with Crippen molar-refractivity contribution >= 4 is 18.0 Å². The number of ether oxygens (including phenoxy) is 1. The van der Waals surface area contributed by atoms with Crippen LogP contribution in [0, 0.1) is 17.8 Å². The minimum atomic E-state index is -1.17. The van der Waals surface area contributed by atoms with Gasteiger partial charge >= 0.3 is 12.1 Å². The van der Waals surface area contributed by atoms with Crippen LogP contribution in [0.5, 0.6) is 0 Å². The maximum absolute atomic E-state index is 13.3. The molecule has 1 fully saturated rings. The zero-order chi connectivity index (χ0) is 25.3. The van der Waals surface area contributed by atoms with E-state index in [0.717, 1.165) is 35.1 Å². The highest BCUT2D eigenvalue weighted by Gasteiger charge is 2.49. The summed E-state index contributed by atoms with van der Waals surface area (Å²) in [6.45, 7) is 7.18. The maximum atomic E-state index is 13.3. The van der Waals surface area contributed by atoms with Crippen LogP contribution in [0.2, 0.25) is 0 Å². The number of hydrogen-bond donors (Lipinski definition) is 3. The van der Waals surface area contributed by atoms with Gasteiger partial charge in [-0.15, -0.1) is 0 Å². The Hall–Kier alpha value is -3.35. The minimum Gasteiger partial charge on any atom is -0.481 e. The molecule has 0 bridgehead atoms. The molecule has 35 heavy (non-hydrogen) atoms. The Morgan fingerprint density at radius 1 is 1.00 bits per heavy atom. The molecule has 7 heteroatoms. The topological polar surface area (TPSA) is 105 Å². The number of nitrogens with one attached hydrogen (secondary N) is 2. The van der Waals surface area contributed by atoms with E-state index in [1.54, 1.807) is 13.8 Å². The Labute approximate surface area is 206 Å². The van der Waals surface area contributed by atoms with Gasteiger partial charge in [0.2, 0.25) is 5.91 Å². The van der Waals surface area contributed by atoms with Crippen molar-refractivity contribution in [3.05, 3.63) is 59.7 Å². The first-order valence-corrected chi connectivity index (χ1v) is 12.3. The summed E-state index contributed by atoms with van der Waals surface area (Å²) < 4.78 is 5.67. The number of benzene rings is 2. The van der Waals surface area contributed by atoms with Crippen molar-refractivity contribution in [1.29, 1.82) is 0 Å². The van der Waals surface area contributed by atoms with E-state index < -0.39 is 29.6 Å². The quantitative estimate of drug-likeness (QED) is 0.490. The van der Waals surface area contributed by atoms with Crippen LogP contribution < -0.4 is 10.6 Å². The number of carbonyl (C=O) groups excluding carboxylic acids is 2. The zero-order valence-corrected chi connectivity index (χ0v) is 20.7. The van der Waals surface area contributed by atoms with Gasteiger partial charge in [-0.3, -0.25) is 9.59 Å². The smallest absolute Gasteiger partial charge is 0.408 e. The lowest BCUT2D eigenvalue weighted by Crippen LogP contribution is -2.61. The molecule has 0 radical (unpaired) electrons.